The van der Waals surface area contributed by atoms with E-state index in [1.54, 1.807) is 0 Å². The van der Waals surface area contributed by atoms with Gasteiger partial charge < -0.3 is 11.5 Å². The van der Waals surface area contributed by atoms with Crippen LogP contribution >= 0.6 is 0 Å². The zero-order valence-corrected chi connectivity index (χ0v) is 10.9. The van der Waals surface area contributed by atoms with Gasteiger partial charge in [0.25, 0.3) is 0 Å². The molecule has 0 amide bonds. The number of nitrogens with two attached hydrogens (primary N) is 2. The number of anilines is 2. The number of benzene rings is 1. The Balaban J connectivity index is 3.14. The molecule has 0 atom stereocenters. The summed E-state index contributed by atoms with van der Waals surface area (Å²) in [5.74, 6) is 1.21. The Labute approximate surface area is 99.0 Å². The predicted octanol–water partition coefficient (Wildman–Crippen LogP) is 3.25. The van der Waals surface area contributed by atoms with Crippen molar-refractivity contribution in [3.05, 3.63) is 23.3 Å². The van der Waals surface area contributed by atoms with E-state index in [2.05, 4.69) is 27.7 Å². The van der Waals surface area contributed by atoms with Gasteiger partial charge in [-0.25, -0.2) is 0 Å². The van der Waals surface area contributed by atoms with Crippen LogP contribution in [0.1, 0.15) is 38.8 Å². The second-order valence-corrected chi connectivity index (χ2v) is 5.40. The number of hydrogen-bond acceptors (Lipinski definition) is 2. The number of rotatable bonds is 4. The van der Waals surface area contributed by atoms with E-state index in [1.807, 2.05) is 12.1 Å². The number of nitrogen functional groups attached to an aromatic ring is 2. The average molecular weight is 220 g/mol. The lowest BCUT2D eigenvalue weighted by Gasteiger charge is -2.18. The molecule has 1 aromatic rings. The molecule has 0 aromatic heterocycles. The van der Waals surface area contributed by atoms with Crippen LogP contribution in [0.5, 0.6) is 0 Å². The van der Waals surface area contributed by atoms with Gasteiger partial charge in [0.2, 0.25) is 0 Å². The summed E-state index contributed by atoms with van der Waals surface area (Å²) in [4.78, 5) is 0. The van der Waals surface area contributed by atoms with Gasteiger partial charge in [-0.05, 0) is 47.9 Å². The zero-order valence-electron chi connectivity index (χ0n) is 10.9. The van der Waals surface area contributed by atoms with Crippen molar-refractivity contribution in [1.82, 2.24) is 0 Å². The summed E-state index contributed by atoms with van der Waals surface area (Å²) in [5, 5.41) is 0. The van der Waals surface area contributed by atoms with Crippen molar-refractivity contribution in [3.8, 4) is 0 Å². The Morgan fingerprint density at radius 1 is 0.812 bits per heavy atom. The Morgan fingerprint density at radius 3 is 1.38 bits per heavy atom. The summed E-state index contributed by atoms with van der Waals surface area (Å²) in [6.45, 7) is 8.84. The largest absolute Gasteiger partial charge is 0.398 e. The van der Waals surface area contributed by atoms with Gasteiger partial charge in [-0.1, -0.05) is 27.7 Å². The van der Waals surface area contributed by atoms with Gasteiger partial charge in [-0.15, -0.1) is 0 Å². The molecule has 0 bridgehead atoms. The number of hydrogen-bond donors (Lipinski definition) is 2. The fourth-order valence-corrected chi connectivity index (χ4v) is 2.03. The summed E-state index contributed by atoms with van der Waals surface area (Å²) in [5.41, 5.74) is 16.4. The molecule has 0 spiro atoms. The first-order valence-corrected chi connectivity index (χ1v) is 6.07. The van der Waals surface area contributed by atoms with Crippen molar-refractivity contribution in [3.63, 3.8) is 0 Å². The Hall–Kier alpha value is -1.18. The summed E-state index contributed by atoms with van der Waals surface area (Å²) in [6.07, 6.45) is 2.03. The molecular weight excluding hydrogens is 196 g/mol. The molecule has 1 rings (SSSR count). The van der Waals surface area contributed by atoms with Crippen LogP contribution in [-0.2, 0) is 12.8 Å². The van der Waals surface area contributed by atoms with E-state index < -0.39 is 0 Å². The minimum Gasteiger partial charge on any atom is -0.398 e. The highest BCUT2D eigenvalue weighted by Crippen LogP contribution is 2.28. The minimum atomic E-state index is 0.606. The van der Waals surface area contributed by atoms with Crippen LogP contribution in [0, 0.1) is 11.8 Å². The van der Waals surface area contributed by atoms with E-state index in [0.29, 0.717) is 11.8 Å². The molecule has 0 aliphatic rings. The van der Waals surface area contributed by atoms with Crippen LogP contribution in [0.3, 0.4) is 0 Å². The average Bonchev–Trinajstić information content (AvgIpc) is 2.16. The second-order valence-electron chi connectivity index (χ2n) is 5.40. The maximum Gasteiger partial charge on any atom is 0.0350 e. The SMILES string of the molecule is CC(C)Cc1c(N)ccc(N)c1CC(C)C. The van der Waals surface area contributed by atoms with Gasteiger partial charge in [0.1, 0.15) is 0 Å². The molecule has 90 valence electrons. The van der Waals surface area contributed by atoms with Crippen LogP contribution in [0.4, 0.5) is 11.4 Å². The molecule has 0 saturated carbocycles. The van der Waals surface area contributed by atoms with E-state index in [1.165, 1.54) is 11.1 Å². The Morgan fingerprint density at radius 2 is 1.12 bits per heavy atom. The van der Waals surface area contributed by atoms with Gasteiger partial charge in [0.05, 0.1) is 0 Å². The molecule has 0 saturated heterocycles. The maximum atomic E-state index is 6.06. The lowest BCUT2D eigenvalue weighted by molar-refractivity contribution is 0.618. The van der Waals surface area contributed by atoms with Crippen molar-refractivity contribution in [2.75, 3.05) is 11.5 Å². The molecule has 0 aliphatic heterocycles. The molecule has 0 radical (unpaired) electrons. The van der Waals surface area contributed by atoms with Crippen LogP contribution in [0.15, 0.2) is 12.1 Å². The molecule has 16 heavy (non-hydrogen) atoms. The normalized spacial score (nSPS) is 11.4. The molecule has 2 heteroatoms. The third-order valence-corrected chi connectivity index (χ3v) is 2.73. The summed E-state index contributed by atoms with van der Waals surface area (Å²) in [6, 6.07) is 3.85. The van der Waals surface area contributed by atoms with E-state index in [0.717, 1.165) is 24.2 Å². The highest BCUT2D eigenvalue weighted by Gasteiger charge is 2.12. The van der Waals surface area contributed by atoms with Crippen LogP contribution < -0.4 is 11.5 Å². The molecule has 0 fully saturated rings. The topological polar surface area (TPSA) is 52.0 Å². The first-order valence-electron chi connectivity index (χ1n) is 6.07. The van der Waals surface area contributed by atoms with E-state index >= 15 is 0 Å². The van der Waals surface area contributed by atoms with Crippen LogP contribution in [-0.4, -0.2) is 0 Å². The molecule has 0 heterocycles. The monoisotopic (exact) mass is 220 g/mol. The third kappa shape index (κ3) is 3.16. The summed E-state index contributed by atoms with van der Waals surface area (Å²) < 4.78 is 0. The fraction of sp³-hybridized carbons (Fsp3) is 0.571. The smallest absolute Gasteiger partial charge is 0.0350 e. The molecule has 2 nitrogen and oxygen atoms in total. The predicted molar refractivity (Wildman–Crippen MR) is 72.4 cm³/mol. The zero-order chi connectivity index (χ0) is 12.3. The highest BCUT2D eigenvalue weighted by molar-refractivity contribution is 5.62. The Kier molecular flexibility index (Phi) is 4.22. The van der Waals surface area contributed by atoms with Gasteiger partial charge in [0, 0.05) is 11.4 Å². The van der Waals surface area contributed by atoms with Crippen molar-refractivity contribution in [2.24, 2.45) is 11.8 Å². The third-order valence-electron chi connectivity index (χ3n) is 2.73. The van der Waals surface area contributed by atoms with Crippen LogP contribution in [0.25, 0.3) is 0 Å². The Bertz CT molecular complexity index is 319. The van der Waals surface area contributed by atoms with Gasteiger partial charge in [-0.3, -0.25) is 0 Å². The summed E-state index contributed by atoms with van der Waals surface area (Å²) >= 11 is 0. The standard InChI is InChI=1S/C14H24N2/c1-9(2)7-11-12(8-10(3)4)14(16)6-5-13(11)15/h5-6,9-10H,7-8,15-16H2,1-4H3. The highest BCUT2D eigenvalue weighted by atomic mass is 14.6. The minimum absolute atomic E-state index is 0.606. The fourth-order valence-electron chi connectivity index (χ4n) is 2.03. The van der Waals surface area contributed by atoms with Crippen molar-refractivity contribution >= 4 is 11.4 Å². The molecule has 4 N–H and O–H groups in total. The van der Waals surface area contributed by atoms with Crippen LogP contribution in [0.2, 0.25) is 0 Å². The molecule has 0 unspecified atom stereocenters. The second kappa shape index (κ2) is 5.24. The molecule has 0 aliphatic carbocycles. The van der Waals surface area contributed by atoms with Crippen molar-refractivity contribution in [2.45, 2.75) is 40.5 Å². The molecule has 1 aromatic carbocycles. The summed E-state index contributed by atoms with van der Waals surface area (Å²) in [7, 11) is 0. The lowest BCUT2D eigenvalue weighted by Crippen LogP contribution is -2.09. The first kappa shape index (κ1) is 12.9. The van der Waals surface area contributed by atoms with E-state index in [-0.39, 0.29) is 0 Å². The quantitative estimate of drug-likeness (QED) is 0.765. The maximum absolute atomic E-state index is 6.06. The van der Waals surface area contributed by atoms with Crippen molar-refractivity contribution < 1.29 is 0 Å². The van der Waals surface area contributed by atoms with Gasteiger partial charge >= 0.3 is 0 Å². The van der Waals surface area contributed by atoms with Crippen molar-refractivity contribution in [1.29, 1.82) is 0 Å². The van der Waals surface area contributed by atoms with E-state index in [4.69, 9.17) is 11.5 Å². The molecular formula is C14H24N2. The van der Waals surface area contributed by atoms with Gasteiger partial charge in [0.15, 0.2) is 0 Å². The van der Waals surface area contributed by atoms with E-state index in [9.17, 15) is 0 Å². The first-order chi connectivity index (χ1) is 7.41. The lowest BCUT2D eigenvalue weighted by atomic mass is 9.90. The van der Waals surface area contributed by atoms with Gasteiger partial charge in [-0.2, -0.15) is 0 Å².